The number of aromatic nitrogens is 2. The van der Waals surface area contributed by atoms with Crippen LogP contribution in [0.5, 0.6) is 0 Å². The molecule has 0 aliphatic heterocycles. The number of rotatable bonds is 2. The molecule has 0 spiro atoms. The molecular formula is C7H14N2. The van der Waals surface area contributed by atoms with Crippen LogP contribution in [-0.4, -0.2) is 10.2 Å². The van der Waals surface area contributed by atoms with Gasteiger partial charge in [-0.1, -0.05) is 13.3 Å². The van der Waals surface area contributed by atoms with Crippen LogP contribution < -0.4 is 0 Å². The van der Waals surface area contributed by atoms with Gasteiger partial charge in [0, 0.05) is 7.12 Å². The Bertz CT molecular complexity index is 183. The molecule has 0 saturated heterocycles. The summed E-state index contributed by atoms with van der Waals surface area (Å²) >= 11 is 0. The number of nitrogens with one attached hydrogen (secondary N) is 1. The zero-order chi connectivity index (χ0) is 6.69. The fraction of sp³-hybridized carbons (Fsp3) is 0.571. The Kier molecular flexibility index (Phi) is 1.88. The monoisotopic (exact) mass is 126 g/mol. The summed E-state index contributed by atoms with van der Waals surface area (Å²) in [7, 11) is 0. The van der Waals surface area contributed by atoms with E-state index in [2.05, 4.69) is 23.2 Å². The first kappa shape index (κ1) is 6.33. The van der Waals surface area contributed by atoms with Crippen LogP contribution in [0.3, 0.4) is 0 Å². The predicted octanol–water partition coefficient (Wildman–Crippen LogP) is 1.92. The highest BCUT2D eigenvalue weighted by Gasteiger charge is 1.93. The summed E-state index contributed by atoms with van der Waals surface area (Å²) in [4.78, 5) is 0. The molecule has 0 aromatic carbocycles. The molecule has 1 aromatic heterocycles. The summed E-state index contributed by atoms with van der Waals surface area (Å²) in [5, 5.41) is 6.98. The highest BCUT2D eigenvalue weighted by Crippen LogP contribution is 1.99. The molecular weight excluding hydrogens is 112 g/mol. The predicted molar refractivity (Wildman–Crippen MR) is 39.4 cm³/mol. The first-order valence-corrected chi connectivity index (χ1v) is 3.34. The zero-order valence-electron chi connectivity index (χ0n) is 5.94. The third-order valence-electron chi connectivity index (χ3n) is 1.27. The van der Waals surface area contributed by atoms with Gasteiger partial charge in [-0.05, 0) is 19.4 Å². The smallest absolute Gasteiger partial charge is 0.0624 e. The molecule has 0 fully saturated rings. The first-order valence-electron chi connectivity index (χ1n) is 3.34. The lowest BCUT2D eigenvalue weighted by molar-refractivity contribution is 0.865. The van der Waals surface area contributed by atoms with Gasteiger partial charge in [0.1, 0.15) is 0 Å². The minimum atomic E-state index is 0. The molecule has 1 N–H and O–H groups in total. The molecule has 0 aliphatic rings. The summed E-state index contributed by atoms with van der Waals surface area (Å²) in [5.41, 5.74) is 2.33. The summed E-state index contributed by atoms with van der Waals surface area (Å²) in [6.07, 6.45) is 2.26. The van der Waals surface area contributed by atoms with Crippen LogP contribution in [0.1, 0.15) is 26.2 Å². The van der Waals surface area contributed by atoms with Crippen molar-refractivity contribution in [2.45, 2.75) is 26.7 Å². The molecule has 2 heteroatoms. The normalized spacial score (nSPS) is 10.0. The van der Waals surface area contributed by atoms with Crippen molar-refractivity contribution in [1.29, 1.82) is 0 Å². The average Bonchev–Trinajstić information content (AvgIpc) is 2.17. The van der Waals surface area contributed by atoms with Gasteiger partial charge in [0.05, 0.1) is 5.69 Å². The van der Waals surface area contributed by atoms with Gasteiger partial charge in [-0.2, -0.15) is 5.10 Å². The van der Waals surface area contributed by atoms with Gasteiger partial charge < -0.3 is 0 Å². The van der Waals surface area contributed by atoms with E-state index in [0.717, 1.165) is 12.1 Å². The largest absolute Gasteiger partial charge is 0.283 e. The van der Waals surface area contributed by atoms with Crippen LogP contribution in [0.2, 0.25) is 0 Å². The van der Waals surface area contributed by atoms with E-state index in [9.17, 15) is 0 Å². The Hall–Kier alpha value is -0.790. The zero-order valence-corrected chi connectivity index (χ0v) is 5.94. The quantitative estimate of drug-likeness (QED) is 0.644. The van der Waals surface area contributed by atoms with Crippen molar-refractivity contribution in [3.05, 3.63) is 17.5 Å². The fourth-order valence-corrected chi connectivity index (χ4v) is 0.859. The van der Waals surface area contributed by atoms with Crippen LogP contribution in [0.4, 0.5) is 0 Å². The lowest BCUT2D eigenvalue weighted by Gasteiger charge is -1.84. The minimum absolute atomic E-state index is 0. The molecule has 0 bridgehead atoms. The highest BCUT2D eigenvalue weighted by atomic mass is 15.1. The standard InChI is InChI=1S/C7H12N2.H2/c1-3-4-7-5-6(2)8-9-7;/h5H,3-4H2,1-2H3,(H,8,9);1H. The maximum atomic E-state index is 4.08. The molecule has 0 aliphatic carbocycles. The first-order chi connectivity index (χ1) is 4.33. The van der Waals surface area contributed by atoms with Crippen LogP contribution in [0, 0.1) is 6.92 Å². The molecule has 0 saturated carbocycles. The topological polar surface area (TPSA) is 28.7 Å². The van der Waals surface area contributed by atoms with Crippen LogP contribution in [0.15, 0.2) is 6.07 Å². The SMILES string of the molecule is CCCc1cc(C)[nH]n1.[HH]. The van der Waals surface area contributed by atoms with Crippen molar-refractivity contribution in [3.63, 3.8) is 0 Å². The molecule has 52 valence electrons. The van der Waals surface area contributed by atoms with Gasteiger partial charge in [-0.3, -0.25) is 5.10 Å². The Morgan fingerprint density at radius 1 is 1.78 bits per heavy atom. The number of nitrogens with zero attached hydrogens (tertiary/aromatic N) is 1. The average molecular weight is 126 g/mol. The van der Waals surface area contributed by atoms with E-state index >= 15 is 0 Å². The van der Waals surface area contributed by atoms with Crippen molar-refractivity contribution < 1.29 is 1.43 Å². The molecule has 2 nitrogen and oxygen atoms in total. The van der Waals surface area contributed by atoms with Gasteiger partial charge in [0.15, 0.2) is 0 Å². The van der Waals surface area contributed by atoms with Gasteiger partial charge >= 0.3 is 0 Å². The van der Waals surface area contributed by atoms with Crippen LogP contribution >= 0.6 is 0 Å². The molecule has 9 heavy (non-hydrogen) atoms. The maximum Gasteiger partial charge on any atom is 0.0624 e. The molecule has 0 radical (unpaired) electrons. The number of hydrogen-bond donors (Lipinski definition) is 1. The van der Waals surface area contributed by atoms with E-state index in [1.807, 2.05) is 6.92 Å². The third kappa shape index (κ3) is 1.56. The van der Waals surface area contributed by atoms with E-state index in [1.54, 1.807) is 0 Å². The van der Waals surface area contributed by atoms with Gasteiger partial charge in [-0.25, -0.2) is 0 Å². The fourth-order valence-electron chi connectivity index (χ4n) is 0.859. The molecule has 1 rings (SSSR count). The third-order valence-corrected chi connectivity index (χ3v) is 1.27. The Morgan fingerprint density at radius 3 is 3.00 bits per heavy atom. The second-order valence-electron chi connectivity index (χ2n) is 2.29. The van der Waals surface area contributed by atoms with E-state index < -0.39 is 0 Å². The van der Waals surface area contributed by atoms with Crippen LogP contribution in [0.25, 0.3) is 0 Å². The summed E-state index contributed by atoms with van der Waals surface area (Å²) in [5.74, 6) is 0. The van der Waals surface area contributed by atoms with Gasteiger partial charge in [-0.15, -0.1) is 0 Å². The number of aryl methyl sites for hydroxylation is 2. The molecule has 0 amide bonds. The Morgan fingerprint density at radius 2 is 2.56 bits per heavy atom. The highest BCUT2D eigenvalue weighted by molar-refractivity contribution is 5.06. The number of H-pyrrole nitrogens is 1. The molecule has 1 aromatic rings. The molecule has 0 unspecified atom stereocenters. The number of hydrogen-bond acceptors (Lipinski definition) is 1. The maximum absolute atomic E-state index is 4.08. The van der Waals surface area contributed by atoms with Crippen molar-refractivity contribution in [3.8, 4) is 0 Å². The second kappa shape index (κ2) is 2.67. The summed E-state index contributed by atoms with van der Waals surface area (Å²) in [6.45, 7) is 4.18. The lowest BCUT2D eigenvalue weighted by atomic mass is 10.2. The lowest BCUT2D eigenvalue weighted by Crippen LogP contribution is -1.80. The Balaban J connectivity index is 0.000000810. The van der Waals surface area contributed by atoms with Crippen molar-refractivity contribution >= 4 is 0 Å². The minimum Gasteiger partial charge on any atom is -0.283 e. The van der Waals surface area contributed by atoms with E-state index in [0.29, 0.717) is 0 Å². The van der Waals surface area contributed by atoms with Crippen LogP contribution in [-0.2, 0) is 6.42 Å². The van der Waals surface area contributed by atoms with E-state index in [1.165, 1.54) is 12.1 Å². The number of aromatic amines is 1. The summed E-state index contributed by atoms with van der Waals surface area (Å²) in [6, 6.07) is 2.09. The van der Waals surface area contributed by atoms with Crippen molar-refractivity contribution in [2.24, 2.45) is 0 Å². The second-order valence-corrected chi connectivity index (χ2v) is 2.29. The van der Waals surface area contributed by atoms with E-state index in [4.69, 9.17) is 0 Å². The van der Waals surface area contributed by atoms with E-state index in [-0.39, 0.29) is 1.43 Å². The molecule has 1 heterocycles. The summed E-state index contributed by atoms with van der Waals surface area (Å²) < 4.78 is 0. The van der Waals surface area contributed by atoms with Gasteiger partial charge in [0.2, 0.25) is 0 Å². The van der Waals surface area contributed by atoms with Crippen molar-refractivity contribution in [2.75, 3.05) is 0 Å². The Labute approximate surface area is 56.8 Å². The van der Waals surface area contributed by atoms with Gasteiger partial charge in [0.25, 0.3) is 0 Å². The molecule has 0 atom stereocenters. The van der Waals surface area contributed by atoms with Crippen molar-refractivity contribution in [1.82, 2.24) is 10.2 Å².